The van der Waals surface area contributed by atoms with Gasteiger partial charge in [-0.3, -0.25) is 10.9 Å². The van der Waals surface area contributed by atoms with Crippen molar-refractivity contribution < 1.29 is 0 Å². The second-order valence-electron chi connectivity index (χ2n) is 7.79. The van der Waals surface area contributed by atoms with Gasteiger partial charge in [-0.05, 0) is 53.3 Å². The van der Waals surface area contributed by atoms with Crippen LogP contribution in [0.3, 0.4) is 0 Å². The molecule has 158 valence electrons. The first-order valence-corrected chi connectivity index (χ1v) is 11.1. The number of benzene rings is 5. The third kappa shape index (κ3) is 3.56. The lowest BCUT2D eigenvalue weighted by molar-refractivity contribution is 1.14. The van der Waals surface area contributed by atoms with E-state index < -0.39 is 0 Å². The molecule has 5 nitrogen and oxygen atoms in total. The Bertz CT molecular complexity index is 1660. The Labute approximate surface area is 195 Å². The van der Waals surface area contributed by atoms with Crippen LogP contribution in [0, 0.1) is 0 Å². The maximum Gasteiger partial charge on any atom is 0.189 e. The van der Waals surface area contributed by atoms with Crippen molar-refractivity contribution in [3.05, 3.63) is 97.1 Å². The van der Waals surface area contributed by atoms with Crippen LogP contribution in [0.15, 0.2) is 97.1 Å². The second-order valence-corrected chi connectivity index (χ2v) is 8.19. The molecule has 0 amide bonds. The van der Waals surface area contributed by atoms with Crippen molar-refractivity contribution in [2.24, 2.45) is 0 Å². The predicted octanol–water partition coefficient (Wildman–Crippen LogP) is 6.40. The van der Waals surface area contributed by atoms with Crippen molar-refractivity contribution in [1.29, 1.82) is 0 Å². The van der Waals surface area contributed by atoms with E-state index in [0.29, 0.717) is 5.11 Å². The highest BCUT2D eigenvalue weighted by atomic mass is 32.1. The Hall–Kier alpha value is -4.29. The highest BCUT2D eigenvalue weighted by molar-refractivity contribution is 7.80. The van der Waals surface area contributed by atoms with Crippen molar-refractivity contribution in [3.8, 4) is 0 Å². The molecule has 0 bridgehead atoms. The van der Waals surface area contributed by atoms with Crippen molar-refractivity contribution >= 4 is 72.3 Å². The minimum atomic E-state index is 0.461. The molecule has 3 N–H and O–H groups in total. The largest absolute Gasteiger partial charge is 0.331 e. The van der Waals surface area contributed by atoms with E-state index in [-0.39, 0.29) is 0 Å². The lowest BCUT2D eigenvalue weighted by atomic mass is 9.99. The molecule has 0 fully saturated rings. The number of para-hydroxylation sites is 1. The van der Waals surface area contributed by atoms with Crippen LogP contribution in [0.4, 0.5) is 11.4 Å². The SMILES string of the molecule is S=C(NNc1ccccc1)Nc1ccc2nc3c4ccccc4c4ccccc4c3nc2c1. The average Bonchev–Trinajstić information content (AvgIpc) is 2.87. The van der Waals surface area contributed by atoms with Crippen LogP contribution in [0.1, 0.15) is 0 Å². The zero-order valence-electron chi connectivity index (χ0n) is 17.5. The Morgan fingerprint density at radius 1 is 0.576 bits per heavy atom. The molecular formula is C27H19N5S. The van der Waals surface area contributed by atoms with Gasteiger partial charge in [0.05, 0.1) is 27.8 Å². The van der Waals surface area contributed by atoms with Gasteiger partial charge in [0.15, 0.2) is 5.11 Å². The predicted molar refractivity (Wildman–Crippen MR) is 141 cm³/mol. The molecule has 0 aliphatic rings. The van der Waals surface area contributed by atoms with Crippen molar-refractivity contribution in [3.63, 3.8) is 0 Å². The van der Waals surface area contributed by atoms with E-state index in [1.165, 1.54) is 10.8 Å². The first kappa shape index (κ1) is 19.4. The molecule has 5 aromatic carbocycles. The van der Waals surface area contributed by atoms with Gasteiger partial charge in [-0.15, -0.1) is 0 Å². The molecule has 6 rings (SSSR count). The van der Waals surface area contributed by atoms with E-state index in [1.807, 2.05) is 60.7 Å². The van der Waals surface area contributed by atoms with Crippen LogP contribution in [0.2, 0.25) is 0 Å². The fourth-order valence-electron chi connectivity index (χ4n) is 4.17. The summed E-state index contributed by atoms with van der Waals surface area (Å²) in [7, 11) is 0. The zero-order chi connectivity index (χ0) is 22.2. The van der Waals surface area contributed by atoms with Crippen molar-refractivity contribution in [2.45, 2.75) is 0 Å². The third-order valence-electron chi connectivity index (χ3n) is 5.67. The molecule has 0 radical (unpaired) electrons. The average molecular weight is 446 g/mol. The van der Waals surface area contributed by atoms with Crippen LogP contribution in [-0.4, -0.2) is 15.1 Å². The number of thiocarbonyl (C=S) groups is 1. The molecular weight excluding hydrogens is 426 g/mol. The van der Waals surface area contributed by atoms with Crippen molar-refractivity contribution in [2.75, 3.05) is 10.7 Å². The van der Waals surface area contributed by atoms with E-state index >= 15 is 0 Å². The summed E-state index contributed by atoms with van der Waals surface area (Å²) in [5, 5.41) is 8.25. The van der Waals surface area contributed by atoms with Gasteiger partial charge in [-0.2, -0.15) is 0 Å². The van der Waals surface area contributed by atoms with Gasteiger partial charge >= 0.3 is 0 Å². The number of rotatable bonds is 3. The van der Waals surface area contributed by atoms with Gasteiger partial charge < -0.3 is 5.32 Å². The summed E-state index contributed by atoms with van der Waals surface area (Å²) in [6.45, 7) is 0. The molecule has 1 heterocycles. The minimum Gasteiger partial charge on any atom is -0.331 e. The molecule has 0 saturated carbocycles. The van der Waals surface area contributed by atoms with Gasteiger partial charge in [0.1, 0.15) is 0 Å². The van der Waals surface area contributed by atoms with Crippen LogP contribution in [0.25, 0.3) is 43.6 Å². The smallest absolute Gasteiger partial charge is 0.189 e. The zero-order valence-corrected chi connectivity index (χ0v) is 18.4. The number of nitrogens with zero attached hydrogens (tertiary/aromatic N) is 2. The van der Waals surface area contributed by atoms with Gasteiger partial charge in [0.25, 0.3) is 0 Å². The van der Waals surface area contributed by atoms with Crippen LogP contribution < -0.4 is 16.2 Å². The Morgan fingerprint density at radius 3 is 1.82 bits per heavy atom. The molecule has 0 spiro atoms. The van der Waals surface area contributed by atoms with E-state index in [4.69, 9.17) is 22.2 Å². The third-order valence-corrected chi connectivity index (χ3v) is 5.87. The van der Waals surface area contributed by atoms with Crippen LogP contribution >= 0.6 is 12.2 Å². The summed E-state index contributed by atoms with van der Waals surface area (Å²) in [6.07, 6.45) is 0. The normalized spacial score (nSPS) is 11.2. The Balaban J connectivity index is 1.40. The van der Waals surface area contributed by atoms with E-state index in [9.17, 15) is 0 Å². The standard InChI is InChI=1S/C27H19N5S/c33-27(32-31-17-8-2-1-3-9-17)28-18-14-15-23-24(16-18)30-26-22-13-7-5-11-20(22)19-10-4-6-12-21(19)25(26)29-23/h1-16,31H,(H2,28,32,33). The number of hydrazine groups is 1. The van der Waals surface area contributed by atoms with E-state index in [1.54, 1.807) is 0 Å². The lowest BCUT2D eigenvalue weighted by Crippen LogP contribution is -2.33. The van der Waals surface area contributed by atoms with E-state index in [2.05, 4.69) is 52.6 Å². The second kappa shape index (κ2) is 8.00. The maximum atomic E-state index is 5.43. The summed E-state index contributed by atoms with van der Waals surface area (Å²) in [6, 6.07) is 32.5. The number of anilines is 2. The van der Waals surface area contributed by atoms with Crippen LogP contribution in [0.5, 0.6) is 0 Å². The van der Waals surface area contributed by atoms with Crippen LogP contribution in [-0.2, 0) is 0 Å². The highest BCUT2D eigenvalue weighted by Crippen LogP contribution is 2.34. The molecule has 33 heavy (non-hydrogen) atoms. The molecule has 0 aliphatic heterocycles. The number of fused-ring (bicyclic) bond motifs is 7. The minimum absolute atomic E-state index is 0.461. The first-order valence-electron chi connectivity index (χ1n) is 10.7. The quantitative estimate of drug-likeness (QED) is 0.127. The van der Waals surface area contributed by atoms with Gasteiger partial charge in [-0.1, -0.05) is 66.7 Å². The molecule has 6 aromatic rings. The summed E-state index contributed by atoms with van der Waals surface area (Å²) >= 11 is 5.43. The lowest BCUT2D eigenvalue weighted by Gasteiger charge is -2.13. The number of aromatic nitrogens is 2. The fourth-order valence-corrected chi connectivity index (χ4v) is 4.34. The van der Waals surface area contributed by atoms with Gasteiger partial charge in [-0.25, -0.2) is 9.97 Å². The first-order chi connectivity index (χ1) is 16.3. The highest BCUT2D eigenvalue weighted by Gasteiger charge is 2.12. The Morgan fingerprint density at radius 2 is 1.15 bits per heavy atom. The molecule has 0 unspecified atom stereocenters. The Kier molecular flexibility index (Phi) is 4.70. The molecule has 1 aromatic heterocycles. The van der Waals surface area contributed by atoms with Gasteiger partial charge in [0, 0.05) is 16.5 Å². The maximum absolute atomic E-state index is 5.43. The molecule has 0 saturated heterocycles. The number of hydrogen-bond donors (Lipinski definition) is 3. The number of hydrogen-bond acceptors (Lipinski definition) is 4. The summed E-state index contributed by atoms with van der Waals surface area (Å²) in [5.41, 5.74) is 11.3. The fraction of sp³-hybridized carbons (Fsp3) is 0. The topological polar surface area (TPSA) is 61.9 Å². The summed E-state index contributed by atoms with van der Waals surface area (Å²) in [4.78, 5) is 10.0. The van der Waals surface area contributed by atoms with Crippen molar-refractivity contribution in [1.82, 2.24) is 15.4 Å². The van der Waals surface area contributed by atoms with E-state index in [0.717, 1.165) is 44.2 Å². The number of nitrogens with one attached hydrogen (secondary N) is 3. The van der Waals surface area contributed by atoms with Gasteiger partial charge in [0.2, 0.25) is 0 Å². The molecule has 6 heteroatoms. The summed E-state index contributed by atoms with van der Waals surface area (Å²) < 4.78 is 0. The summed E-state index contributed by atoms with van der Waals surface area (Å²) in [5.74, 6) is 0. The molecule has 0 atom stereocenters. The monoisotopic (exact) mass is 445 g/mol. The molecule has 0 aliphatic carbocycles.